The van der Waals surface area contributed by atoms with Gasteiger partial charge in [-0.1, -0.05) is 16.8 Å². The molecule has 1 saturated heterocycles. The van der Waals surface area contributed by atoms with Crippen molar-refractivity contribution >= 4 is 23.4 Å². The maximum atomic E-state index is 5.85. The summed E-state index contributed by atoms with van der Waals surface area (Å²) in [6, 6.07) is 7.37. The minimum atomic E-state index is 0.391. The smallest absolute Gasteiger partial charge is 0.257 e. The first kappa shape index (κ1) is 13.9. The molecule has 1 aromatic heterocycles. The molecule has 6 heteroatoms. The molecule has 0 amide bonds. The molecule has 1 aromatic carbocycles. The zero-order valence-electron chi connectivity index (χ0n) is 10.9. The van der Waals surface area contributed by atoms with Gasteiger partial charge >= 0.3 is 0 Å². The van der Waals surface area contributed by atoms with Gasteiger partial charge in [-0.2, -0.15) is 16.7 Å². The predicted octanol–water partition coefficient (Wildman–Crippen LogP) is 3.80. The van der Waals surface area contributed by atoms with E-state index in [2.05, 4.69) is 10.1 Å². The SMILES string of the molecule is Clc1ccc(-c2nc(CSC[C@@H]3CCCO3)no2)cc1. The molecule has 3 rings (SSSR count). The van der Waals surface area contributed by atoms with E-state index in [1.807, 2.05) is 24.3 Å². The number of ether oxygens (including phenoxy) is 1. The second-order valence-electron chi connectivity index (χ2n) is 4.67. The van der Waals surface area contributed by atoms with Gasteiger partial charge in [-0.25, -0.2) is 0 Å². The van der Waals surface area contributed by atoms with E-state index in [4.69, 9.17) is 20.9 Å². The lowest BCUT2D eigenvalue weighted by Gasteiger charge is -2.06. The molecule has 0 saturated carbocycles. The zero-order valence-corrected chi connectivity index (χ0v) is 12.5. The van der Waals surface area contributed by atoms with Crippen molar-refractivity contribution in [3.05, 3.63) is 35.1 Å². The number of hydrogen-bond acceptors (Lipinski definition) is 5. The van der Waals surface area contributed by atoms with Crippen LogP contribution in [0.2, 0.25) is 5.02 Å². The molecule has 4 nitrogen and oxygen atoms in total. The summed E-state index contributed by atoms with van der Waals surface area (Å²) in [6.07, 6.45) is 2.73. The molecule has 1 aliphatic heterocycles. The summed E-state index contributed by atoms with van der Waals surface area (Å²) in [5.41, 5.74) is 0.886. The van der Waals surface area contributed by atoms with Crippen molar-refractivity contribution in [3.8, 4) is 11.5 Å². The van der Waals surface area contributed by atoms with Crippen LogP contribution in [0, 0.1) is 0 Å². The first-order valence-electron chi connectivity index (χ1n) is 6.59. The number of aromatic nitrogens is 2. The molecule has 1 fully saturated rings. The fourth-order valence-corrected chi connectivity index (χ4v) is 3.15. The largest absolute Gasteiger partial charge is 0.377 e. The third-order valence-electron chi connectivity index (χ3n) is 3.12. The van der Waals surface area contributed by atoms with Crippen LogP contribution >= 0.6 is 23.4 Å². The second-order valence-corrected chi connectivity index (χ2v) is 6.14. The molecular formula is C14H15ClN2O2S. The first-order valence-corrected chi connectivity index (χ1v) is 8.12. The summed E-state index contributed by atoms with van der Waals surface area (Å²) >= 11 is 7.64. The maximum Gasteiger partial charge on any atom is 0.257 e. The van der Waals surface area contributed by atoms with Crippen LogP contribution in [0.25, 0.3) is 11.5 Å². The first-order chi connectivity index (χ1) is 9.81. The lowest BCUT2D eigenvalue weighted by Crippen LogP contribution is -2.08. The Bertz CT molecular complexity index is 553. The monoisotopic (exact) mass is 310 g/mol. The highest BCUT2D eigenvalue weighted by molar-refractivity contribution is 7.98. The topological polar surface area (TPSA) is 48.2 Å². The lowest BCUT2D eigenvalue weighted by atomic mass is 10.2. The predicted molar refractivity (Wildman–Crippen MR) is 79.9 cm³/mol. The second kappa shape index (κ2) is 6.61. The summed E-state index contributed by atoms with van der Waals surface area (Å²) in [5.74, 6) is 2.99. The average Bonchev–Trinajstić information content (AvgIpc) is 3.11. The molecule has 0 unspecified atom stereocenters. The highest BCUT2D eigenvalue weighted by Crippen LogP contribution is 2.22. The van der Waals surface area contributed by atoms with Crippen LogP contribution in [0.15, 0.2) is 28.8 Å². The van der Waals surface area contributed by atoms with Gasteiger partial charge in [0.2, 0.25) is 0 Å². The van der Waals surface area contributed by atoms with Gasteiger partial charge in [-0.05, 0) is 37.1 Å². The summed E-state index contributed by atoms with van der Waals surface area (Å²) in [7, 11) is 0. The Hall–Kier alpha value is -1.04. The molecular weight excluding hydrogens is 296 g/mol. The van der Waals surface area contributed by atoms with Crippen molar-refractivity contribution in [3.63, 3.8) is 0 Å². The number of thioether (sulfide) groups is 1. The van der Waals surface area contributed by atoms with E-state index in [1.54, 1.807) is 11.8 Å². The van der Waals surface area contributed by atoms with Crippen molar-refractivity contribution < 1.29 is 9.26 Å². The van der Waals surface area contributed by atoms with Gasteiger partial charge in [0.05, 0.1) is 11.9 Å². The van der Waals surface area contributed by atoms with E-state index in [9.17, 15) is 0 Å². The van der Waals surface area contributed by atoms with Crippen LogP contribution in [0.1, 0.15) is 18.7 Å². The molecule has 0 radical (unpaired) electrons. The van der Waals surface area contributed by atoms with E-state index in [0.29, 0.717) is 17.0 Å². The Kier molecular flexibility index (Phi) is 4.60. The highest BCUT2D eigenvalue weighted by Gasteiger charge is 2.16. The minimum absolute atomic E-state index is 0.391. The van der Waals surface area contributed by atoms with Gasteiger partial charge < -0.3 is 9.26 Å². The van der Waals surface area contributed by atoms with E-state index in [0.717, 1.165) is 35.9 Å². The number of benzene rings is 1. The van der Waals surface area contributed by atoms with Crippen LogP contribution in [0.4, 0.5) is 0 Å². The fraction of sp³-hybridized carbons (Fsp3) is 0.429. The van der Waals surface area contributed by atoms with Crippen molar-refractivity contribution in [2.75, 3.05) is 12.4 Å². The van der Waals surface area contributed by atoms with Crippen LogP contribution in [-0.4, -0.2) is 28.6 Å². The Morgan fingerprint density at radius 2 is 2.15 bits per heavy atom. The molecule has 2 heterocycles. The number of halogens is 1. The van der Waals surface area contributed by atoms with Gasteiger partial charge in [0.1, 0.15) is 0 Å². The zero-order chi connectivity index (χ0) is 13.8. The third kappa shape index (κ3) is 3.53. The average molecular weight is 311 g/mol. The molecule has 2 aromatic rings. The van der Waals surface area contributed by atoms with Gasteiger partial charge in [0.15, 0.2) is 5.82 Å². The number of rotatable bonds is 5. The fourth-order valence-electron chi connectivity index (χ4n) is 2.08. The summed E-state index contributed by atoms with van der Waals surface area (Å²) < 4.78 is 10.8. The molecule has 1 aliphatic rings. The Balaban J connectivity index is 1.55. The van der Waals surface area contributed by atoms with Crippen molar-refractivity contribution in [2.45, 2.75) is 24.7 Å². The van der Waals surface area contributed by atoms with Crippen molar-refractivity contribution in [1.29, 1.82) is 0 Å². The van der Waals surface area contributed by atoms with Gasteiger partial charge in [-0.3, -0.25) is 0 Å². The molecule has 0 N–H and O–H groups in total. The van der Waals surface area contributed by atoms with Crippen molar-refractivity contribution in [2.24, 2.45) is 0 Å². The lowest BCUT2D eigenvalue weighted by molar-refractivity contribution is 0.129. The molecule has 0 spiro atoms. The van der Waals surface area contributed by atoms with E-state index >= 15 is 0 Å². The molecule has 106 valence electrons. The minimum Gasteiger partial charge on any atom is -0.377 e. The summed E-state index contributed by atoms with van der Waals surface area (Å²) in [5, 5.41) is 4.69. The van der Waals surface area contributed by atoms with E-state index < -0.39 is 0 Å². The van der Waals surface area contributed by atoms with Crippen molar-refractivity contribution in [1.82, 2.24) is 10.1 Å². The van der Waals surface area contributed by atoms with Crippen LogP contribution in [0.5, 0.6) is 0 Å². The normalized spacial score (nSPS) is 18.6. The van der Waals surface area contributed by atoms with Crippen LogP contribution < -0.4 is 0 Å². The Morgan fingerprint density at radius 1 is 1.30 bits per heavy atom. The molecule has 20 heavy (non-hydrogen) atoms. The van der Waals surface area contributed by atoms with Gasteiger partial charge in [0, 0.05) is 22.9 Å². The quantitative estimate of drug-likeness (QED) is 0.840. The number of hydrogen-bond donors (Lipinski definition) is 0. The van der Waals surface area contributed by atoms with Gasteiger partial charge in [-0.15, -0.1) is 0 Å². The Labute approximate surface area is 126 Å². The maximum absolute atomic E-state index is 5.85. The van der Waals surface area contributed by atoms with Crippen LogP contribution in [-0.2, 0) is 10.5 Å². The van der Waals surface area contributed by atoms with E-state index in [-0.39, 0.29) is 0 Å². The Morgan fingerprint density at radius 3 is 2.90 bits per heavy atom. The summed E-state index contributed by atoms with van der Waals surface area (Å²) in [4.78, 5) is 4.39. The third-order valence-corrected chi connectivity index (χ3v) is 4.44. The summed E-state index contributed by atoms with van der Waals surface area (Å²) in [6.45, 7) is 0.897. The molecule has 0 aliphatic carbocycles. The standard InChI is InChI=1S/C14H15ClN2O2S/c15-11-5-3-10(4-6-11)14-16-13(17-19-14)9-20-8-12-2-1-7-18-12/h3-6,12H,1-2,7-9H2/t12-/m0/s1. The highest BCUT2D eigenvalue weighted by atomic mass is 35.5. The molecule has 1 atom stereocenters. The van der Waals surface area contributed by atoms with Crippen LogP contribution in [0.3, 0.4) is 0 Å². The van der Waals surface area contributed by atoms with Gasteiger partial charge in [0.25, 0.3) is 5.89 Å². The number of nitrogens with zero attached hydrogens (tertiary/aromatic N) is 2. The van der Waals surface area contributed by atoms with E-state index in [1.165, 1.54) is 6.42 Å². The molecule has 0 bridgehead atoms.